The summed E-state index contributed by atoms with van der Waals surface area (Å²) in [5.41, 5.74) is 0.759. The molecule has 9 nitrogen and oxygen atoms in total. The van der Waals surface area contributed by atoms with Crippen molar-refractivity contribution >= 4 is 35.2 Å². The van der Waals surface area contributed by atoms with Crippen LogP contribution in [-0.4, -0.2) is 63.9 Å². The van der Waals surface area contributed by atoms with Gasteiger partial charge in [-0.05, 0) is 62.8 Å². The predicted octanol–water partition coefficient (Wildman–Crippen LogP) is 5.07. The van der Waals surface area contributed by atoms with Crippen LogP contribution in [0.4, 0.5) is 0 Å². The first-order valence-electron chi connectivity index (χ1n) is 16.2. The normalized spacial score (nSPS) is 21.5. The van der Waals surface area contributed by atoms with Gasteiger partial charge >= 0.3 is 11.9 Å². The highest BCUT2D eigenvalue weighted by Gasteiger charge is 2.51. The van der Waals surface area contributed by atoms with E-state index in [2.05, 4.69) is 0 Å². The highest BCUT2D eigenvalue weighted by Crippen LogP contribution is 2.44. The third-order valence-corrected chi connectivity index (χ3v) is 9.22. The number of carbonyl (C=O) groups is 6. The molecule has 0 spiro atoms. The van der Waals surface area contributed by atoms with Crippen molar-refractivity contribution in [3.63, 3.8) is 0 Å². The van der Waals surface area contributed by atoms with E-state index in [-0.39, 0.29) is 54.8 Å². The van der Waals surface area contributed by atoms with E-state index in [9.17, 15) is 33.9 Å². The Morgan fingerprint density at radius 3 is 2.20 bits per heavy atom. The molecule has 1 amide bonds. The van der Waals surface area contributed by atoms with Crippen molar-refractivity contribution in [2.24, 2.45) is 35.5 Å². The van der Waals surface area contributed by atoms with E-state index in [0.29, 0.717) is 19.4 Å². The first-order valence-corrected chi connectivity index (χ1v) is 16.2. The molecule has 1 unspecified atom stereocenters. The maximum Gasteiger partial charge on any atom is 0.307 e. The summed E-state index contributed by atoms with van der Waals surface area (Å²) in [5.74, 6) is -6.11. The molecule has 6 atom stereocenters. The van der Waals surface area contributed by atoms with Crippen LogP contribution in [0.3, 0.4) is 0 Å². The summed E-state index contributed by atoms with van der Waals surface area (Å²) in [6.45, 7) is 9.57. The number of aliphatic carboxylic acids is 1. The third kappa shape index (κ3) is 9.08. The molecule has 1 saturated heterocycles. The van der Waals surface area contributed by atoms with Gasteiger partial charge in [-0.25, -0.2) is 0 Å². The molecule has 1 heterocycles. The van der Waals surface area contributed by atoms with Gasteiger partial charge in [0.1, 0.15) is 0 Å². The SMILES string of the molecule is CCCC(CC(=O)[C@@H]1[C@H]2CCC[C@H]2CN1C(=O)[C@@H](CC(=O)OC(C)C)C(C)C)C(=O)C(=O)C[C@@H](Cc1ccccc1)C(=O)O. The molecule has 1 saturated carbocycles. The lowest BCUT2D eigenvalue weighted by Crippen LogP contribution is -2.48. The monoisotopic (exact) mass is 611 g/mol. The molecule has 0 radical (unpaired) electrons. The molecule has 1 aromatic rings. The third-order valence-electron chi connectivity index (χ3n) is 9.22. The van der Waals surface area contributed by atoms with E-state index >= 15 is 0 Å². The lowest BCUT2D eigenvalue weighted by molar-refractivity contribution is -0.154. The maximum atomic E-state index is 14.0. The summed E-state index contributed by atoms with van der Waals surface area (Å²) in [7, 11) is 0. The largest absolute Gasteiger partial charge is 0.481 e. The maximum absolute atomic E-state index is 14.0. The molecule has 44 heavy (non-hydrogen) atoms. The lowest BCUT2D eigenvalue weighted by atomic mass is 9.82. The van der Waals surface area contributed by atoms with Gasteiger partial charge < -0.3 is 14.7 Å². The highest BCUT2D eigenvalue weighted by atomic mass is 16.5. The van der Waals surface area contributed by atoms with E-state index in [1.165, 1.54) is 0 Å². The quantitative estimate of drug-likeness (QED) is 0.190. The average molecular weight is 612 g/mol. The number of benzene rings is 1. The Labute approximate surface area is 261 Å². The smallest absolute Gasteiger partial charge is 0.307 e. The molecule has 0 bridgehead atoms. The van der Waals surface area contributed by atoms with Gasteiger partial charge in [0, 0.05) is 25.3 Å². The topological polar surface area (TPSA) is 135 Å². The molecule has 1 N–H and O–H groups in total. The summed E-state index contributed by atoms with van der Waals surface area (Å²) in [6.07, 6.45) is 2.71. The van der Waals surface area contributed by atoms with Crippen LogP contribution in [0.25, 0.3) is 0 Å². The number of Topliss-reactive ketones (excluding diaryl/α,β-unsaturated/α-hetero) is 3. The van der Waals surface area contributed by atoms with Gasteiger partial charge in [-0.2, -0.15) is 0 Å². The van der Waals surface area contributed by atoms with Crippen molar-refractivity contribution in [1.29, 1.82) is 0 Å². The second-order valence-electron chi connectivity index (χ2n) is 13.3. The number of likely N-dealkylation sites (tertiary alicyclic amines) is 1. The second kappa shape index (κ2) is 16.1. The molecular formula is C35H49NO8. The van der Waals surface area contributed by atoms with Gasteiger partial charge in [0.25, 0.3) is 0 Å². The number of hydrogen-bond donors (Lipinski definition) is 1. The van der Waals surface area contributed by atoms with Crippen molar-refractivity contribution in [3.8, 4) is 0 Å². The van der Waals surface area contributed by atoms with Crippen LogP contribution >= 0.6 is 0 Å². The molecule has 0 aromatic heterocycles. The van der Waals surface area contributed by atoms with Gasteiger partial charge in [0.05, 0.1) is 30.4 Å². The lowest BCUT2D eigenvalue weighted by Gasteiger charge is -2.32. The van der Waals surface area contributed by atoms with Crippen LogP contribution in [0.5, 0.6) is 0 Å². The van der Waals surface area contributed by atoms with Crippen LogP contribution in [-0.2, 0) is 39.9 Å². The van der Waals surface area contributed by atoms with E-state index in [1.54, 1.807) is 43.0 Å². The van der Waals surface area contributed by atoms with Crippen molar-refractivity contribution in [2.45, 2.75) is 105 Å². The van der Waals surface area contributed by atoms with Gasteiger partial charge in [-0.1, -0.05) is 63.9 Å². The molecule has 1 aromatic carbocycles. The standard InChI is InChI=1S/C35H49NO8/c1-6-11-24(33(40)30(38)18-26(35(42)43)16-23-12-8-7-9-13-23)17-29(37)32-27-15-10-14-25(27)20-36(32)34(41)28(21(2)3)19-31(39)44-22(4)5/h7-9,12-13,21-22,24-28,32H,6,10-11,14-20H2,1-5H3,(H,42,43)/t24?,25-,26+,27-,28-,32-/m0/s1. The van der Waals surface area contributed by atoms with Crippen molar-refractivity contribution < 1.29 is 38.6 Å². The minimum Gasteiger partial charge on any atom is -0.481 e. The zero-order valence-corrected chi connectivity index (χ0v) is 26.8. The summed E-state index contributed by atoms with van der Waals surface area (Å²) in [4.78, 5) is 80.6. The van der Waals surface area contributed by atoms with Crippen LogP contribution in [0.15, 0.2) is 30.3 Å². The van der Waals surface area contributed by atoms with Crippen molar-refractivity contribution in [3.05, 3.63) is 35.9 Å². The number of esters is 1. The van der Waals surface area contributed by atoms with E-state index in [4.69, 9.17) is 4.74 Å². The number of ether oxygens (including phenoxy) is 1. The van der Waals surface area contributed by atoms with Crippen molar-refractivity contribution in [2.75, 3.05) is 6.54 Å². The number of carboxylic acids is 1. The molecule has 3 rings (SSSR count). The van der Waals surface area contributed by atoms with Crippen LogP contribution in [0.1, 0.15) is 91.5 Å². The number of hydrogen-bond acceptors (Lipinski definition) is 7. The second-order valence-corrected chi connectivity index (χ2v) is 13.3. The predicted molar refractivity (Wildman–Crippen MR) is 164 cm³/mol. The first-order chi connectivity index (χ1) is 20.8. The Morgan fingerprint density at radius 1 is 0.932 bits per heavy atom. The van der Waals surface area contributed by atoms with Gasteiger partial charge in [0.2, 0.25) is 11.7 Å². The Morgan fingerprint density at radius 2 is 1.61 bits per heavy atom. The number of ketones is 3. The average Bonchev–Trinajstić information content (AvgIpc) is 3.56. The summed E-state index contributed by atoms with van der Waals surface area (Å²) >= 11 is 0. The van der Waals surface area contributed by atoms with E-state index < -0.39 is 53.7 Å². The van der Waals surface area contributed by atoms with Crippen molar-refractivity contribution in [1.82, 2.24) is 4.90 Å². The molecule has 242 valence electrons. The fourth-order valence-corrected chi connectivity index (χ4v) is 6.99. The molecular weight excluding hydrogens is 562 g/mol. The molecule has 2 fully saturated rings. The fourth-order valence-electron chi connectivity index (χ4n) is 6.99. The summed E-state index contributed by atoms with van der Waals surface area (Å²) < 4.78 is 5.31. The number of rotatable bonds is 17. The van der Waals surface area contributed by atoms with Gasteiger partial charge in [-0.3, -0.25) is 28.8 Å². The highest BCUT2D eigenvalue weighted by molar-refractivity contribution is 6.38. The van der Waals surface area contributed by atoms with E-state index in [1.807, 2.05) is 26.8 Å². The summed E-state index contributed by atoms with van der Waals surface area (Å²) in [5, 5.41) is 9.76. The zero-order valence-electron chi connectivity index (χ0n) is 26.8. The Kier molecular flexibility index (Phi) is 12.8. The van der Waals surface area contributed by atoms with Crippen LogP contribution < -0.4 is 0 Å². The summed E-state index contributed by atoms with van der Waals surface area (Å²) in [6, 6.07) is 8.25. The number of carboxylic acid groups (broad SMARTS) is 1. The first kappa shape index (κ1) is 35.1. The molecule has 1 aliphatic heterocycles. The van der Waals surface area contributed by atoms with Crippen LogP contribution in [0, 0.1) is 35.5 Å². The van der Waals surface area contributed by atoms with Crippen LogP contribution in [0.2, 0.25) is 0 Å². The van der Waals surface area contributed by atoms with Gasteiger partial charge in [-0.15, -0.1) is 0 Å². The minimum atomic E-state index is -1.15. The van der Waals surface area contributed by atoms with E-state index in [0.717, 1.165) is 24.8 Å². The minimum absolute atomic E-state index is 0.0165. The number of carbonyl (C=O) groups excluding carboxylic acids is 5. The fraction of sp³-hybridized carbons (Fsp3) is 0.657. The van der Waals surface area contributed by atoms with Gasteiger partial charge in [0.15, 0.2) is 11.6 Å². The number of amides is 1. The zero-order chi connectivity index (χ0) is 32.6. The Bertz CT molecular complexity index is 1190. The Hall–Kier alpha value is -3.36. The molecule has 1 aliphatic carbocycles. The number of nitrogens with zero attached hydrogens (tertiary/aromatic N) is 1. The molecule has 9 heteroatoms. The number of fused-ring (bicyclic) bond motifs is 1. The molecule has 2 aliphatic rings. The Balaban J connectivity index is 1.77.